The van der Waals surface area contributed by atoms with Gasteiger partial charge in [-0.15, -0.1) is 0 Å². The molecule has 0 aromatic heterocycles. The van der Waals surface area contributed by atoms with E-state index in [0.29, 0.717) is 91.3 Å². The lowest BCUT2D eigenvalue weighted by atomic mass is 10.3. The topological polar surface area (TPSA) is 66.5 Å². The summed E-state index contributed by atoms with van der Waals surface area (Å²) < 4.78 is 27.2. The van der Waals surface area contributed by atoms with Crippen LogP contribution in [0.3, 0.4) is 0 Å². The van der Waals surface area contributed by atoms with Gasteiger partial charge in [0.25, 0.3) is 0 Å². The first kappa shape index (κ1) is 21.7. The molecule has 24 heavy (non-hydrogen) atoms. The fourth-order valence-corrected chi connectivity index (χ4v) is 2.24. The van der Waals surface area contributed by atoms with Crippen molar-refractivity contribution in [2.24, 2.45) is 0 Å². The fourth-order valence-electron chi connectivity index (χ4n) is 2.08. The van der Waals surface area contributed by atoms with Gasteiger partial charge in [0.1, 0.15) is 0 Å². The molecule has 1 saturated heterocycles. The predicted octanol–water partition coefficient (Wildman–Crippen LogP) is 0.622. The van der Waals surface area contributed by atoms with Gasteiger partial charge in [-0.2, -0.15) is 12.6 Å². The van der Waals surface area contributed by atoms with Gasteiger partial charge in [-0.3, -0.25) is 4.79 Å². The quantitative estimate of drug-likeness (QED) is 0.740. The Morgan fingerprint density at radius 1 is 0.708 bits per heavy atom. The highest BCUT2D eigenvalue weighted by molar-refractivity contribution is 7.80. The maximum Gasteiger partial charge on any atom is 0.222 e. The van der Waals surface area contributed by atoms with Crippen LogP contribution < -0.4 is 0 Å². The zero-order valence-electron chi connectivity index (χ0n) is 14.5. The molecule has 0 spiro atoms. The van der Waals surface area contributed by atoms with E-state index in [9.17, 15) is 4.79 Å². The molecule has 1 fully saturated rings. The van der Waals surface area contributed by atoms with Gasteiger partial charge in [-0.25, -0.2) is 0 Å². The number of ether oxygens (including phenoxy) is 5. The van der Waals surface area contributed by atoms with Crippen molar-refractivity contribution < 1.29 is 28.5 Å². The summed E-state index contributed by atoms with van der Waals surface area (Å²) in [6.45, 7) is 6.37. The Labute approximate surface area is 150 Å². The number of carbonyl (C=O) groups excluding carboxylic acids is 1. The van der Waals surface area contributed by atoms with Gasteiger partial charge in [0, 0.05) is 19.5 Å². The molecule has 0 aromatic carbocycles. The SMILES string of the molecule is O=C(CCCS)N1CCOCCOCCOCCOCCOCC1. The molecule has 1 aliphatic heterocycles. The summed E-state index contributed by atoms with van der Waals surface area (Å²) in [4.78, 5) is 14.0. The Hall–Kier alpha value is -0.380. The fraction of sp³-hybridized carbons (Fsp3) is 0.938. The Bertz CT molecular complexity index is 290. The minimum Gasteiger partial charge on any atom is -0.377 e. The first-order valence-electron chi connectivity index (χ1n) is 8.62. The van der Waals surface area contributed by atoms with Gasteiger partial charge in [0.05, 0.1) is 66.1 Å². The smallest absolute Gasteiger partial charge is 0.222 e. The zero-order valence-corrected chi connectivity index (χ0v) is 15.3. The van der Waals surface area contributed by atoms with E-state index < -0.39 is 0 Å². The normalized spacial score (nSPS) is 21.0. The van der Waals surface area contributed by atoms with Crippen molar-refractivity contribution in [1.82, 2.24) is 4.90 Å². The number of rotatable bonds is 3. The summed E-state index contributed by atoms with van der Waals surface area (Å²) in [6.07, 6.45) is 1.29. The average molecular weight is 365 g/mol. The molecule has 1 aliphatic rings. The number of nitrogens with zero attached hydrogens (tertiary/aromatic N) is 1. The standard InChI is InChI=1S/C16H31NO6S/c18-16(2-1-15-24)17-3-5-19-7-9-21-11-13-23-14-12-22-10-8-20-6-4-17/h24H,1-15H2. The third-order valence-corrected chi connectivity index (χ3v) is 3.72. The van der Waals surface area contributed by atoms with Crippen molar-refractivity contribution in [3.05, 3.63) is 0 Å². The molecule has 0 aliphatic carbocycles. The summed E-state index contributed by atoms with van der Waals surface area (Å²) in [6, 6.07) is 0. The van der Waals surface area contributed by atoms with E-state index in [2.05, 4.69) is 12.6 Å². The maximum absolute atomic E-state index is 12.2. The van der Waals surface area contributed by atoms with E-state index in [-0.39, 0.29) is 5.91 Å². The van der Waals surface area contributed by atoms with Gasteiger partial charge < -0.3 is 28.6 Å². The van der Waals surface area contributed by atoms with Crippen LogP contribution >= 0.6 is 12.6 Å². The Balaban J connectivity index is 2.32. The summed E-state index contributed by atoms with van der Waals surface area (Å²) >= 11 is 4.16. The van der Waals surface area contributed by atoms with Crippen LogP contribution in [-0.2, 0) is 28.5 Å². The van der Waals surface area contributed by atoms with Crippen LogP contribution in [0.2, 0.25) is 0 Å². The maximum atomic E-state index is 12.2. The van der Waals surface area contributed by atoms with Crippen molar-refractivity contribution in [3.8, 4) is 0 Å². The van der Waals surface area contributed by atoms with Crippen molar-refractivity contribution in [1.29, 1.82) is 0 Å². The lowest BCUT2D eigenvalue weighted by Gasteiger charge is -2.23. The molecule has 0 radical (unpaired) electrons. The van der Waals surface area contributed by atoms with Gasteiger partial charge >= 0.3 is 0 Å². The van der Waals surface area contributed by atoms with Crippen LogP contribution in [0, 0.1) is 0 Å². The molecule has 7 nitrogen and oxygen atoms in total. The van der Waals surface area contributed by atoms with Gasteiger partial charge in [0.2, 0.25) is 5.91 Å². The number of amides is 1. The van der Waals surface area contributed by atoms with Crippen LogP contribution in [0.5, 0.6) is 0 Å². The summed E-state index contributed by atoms with van der Waals surface area (Å²) in [7, 11) is 0. The molecule has 0 aromatic rings. The van der Waals surface area contributed by atoms with Crippen LogP contribution in [0.4, 0.5) is 0 Å². The van der Waals surface area contributed by atoms with E-state index in [4.69, 9.17) is 23.7 Å². The highest BCUT2D eigenvalue weighted by Gasteiger charge is 2.12. The number of hydrogen-bond donors (Lipinski definition) is 1. The summed E-state index contributed by atoms with van der Waals surface area (Å²) in [5.41, 5.74) is 0. The number of hydrogen-bond acceptors (Lipinski definition) is 7. The third kappa shape index (κ3) is 12.0. The molecule has 0 N–H and O–H groups in total. The first-order valence-corrected chi connectivity index (χ1v) is 9.25. The molecular weight excluding hydrogens is 334 g/mol. The molecular formula is C16H31NO6S. The molecule has 8 heteroatoms. The molecule has 0 unspecified atom stereocenters. The third-order valence-electron chi connectivity index (χ3n) is 3.40. The summed E-state index contributed by atoms with van der Waals surface area (Å²) in [5, 5.41) is 0. The highest BCUT2D eigenvalue weighted by Crippen LogP contribution is 2.00. The number of thiol groups is 1. The Morgan fingerprint density at radius 2 is 1.08 bits per heavy atom. The lowest BCUT2D eigenvalue weighted by molar-refractivity contribution is -0.133. The number of carbonyl (C=O) groups is 1. The molecule has 1 heterocycles. The summed E-state index contributed by atoms with van der Waals surface area (Å²) in [5.74, 6) is 0.834. The van der Waals surface area contributed by atoms with Crippen molar-refractivity contribution in [2.75, 3.05) is 84.9 Å². The minimum atomic E-state index is 0.121. The molecule has 0 atom stereocenters. The van der Waals surface area contributed by atoms with Crippen molar-refractivity contribution in [2.45, 2.75) is 12.8 Å². The average Bonchev–Trinajstić information content (AvgIpc) is 2.59. The van der Waals surface area contributed by atoms with Crippen LogP contribution in [0.25, 0.3) is 0 Å². The Kier molecular flexibility index (Phi) is 14.5. The monoisotopic (exact) mass is 365 g/mol. The Morgan fingerprint density at radius 3 is 1.46 bits per heavy atom. The van der Waals surface area contributed by atoms with Crippen molar-refractivity contribution >= 4 is 18.5 Å². The minimum absolute atomic E-state index is 0.121. The van der Waals surface area contributed by atoms with E-state index >= 15 is 0 Å². The van der Waals surface area contributed by atoms with Crippen LogP contribution in [0.15, 0.2) is 0 Å². The van der Waals surface area contributed by atoms with E-state index in [1.54, 1.807) is 4.90 Å². The second kappa shape index (κ2) is 16.1. The van der Waals surface area contributed by atoms with Crippen LogP contribution in [-0.4, -0.2) is 95.7 Å². The second-order valence-electron chi connectivity index (χ2n) is 5.27. The van der Waals surface area contributed by atoms with E-state index in [1.807, 2.05) is 0 Å². The highest BCUT2D eigenvalue weighted by atomic mass is 32.1. The van der Waals surface area contributed by atoms with Crippen LogP contribution in [0.1, 0.15) is 12.8 Å². The zero-order chi connectivity index (χ0) is 17.3. The molecule has 1 amide bonds. The largest absolute Gasteiger partial charge is 0.377 e. The first-order chi connectivity index (χ1) is 11.8. The van der Waals surface area contributed by atoms with Gasteiger partial charge in [-0.05, 0) is 12.2 Å². The van der Waals surface area contributed by atoms with E-state index in [1.165, 1.54) is 0 Å². The molecule has 0 bridgehead atoms. The second-order valence-corrected chi connectivity index (χ2v) is 5.72. The van der Waals surface area contributed by atoms with Gasteiger partial charge in [0.15, 0.2) is 0 Å². The van der Waals surface area contributed by atoms with E-state index in [0.717, 1.165) is 6.42 Å². The lowest BCUT2D eigenvalue weighted by Crippen LogP contribution is -2.37. The molecule has 142 valence electrons. The predicted molar refractivity (Wildman–Crippen MR) is 93.8 cm³/mol. The van der Waals surface area contributed by atoms with Crippen molar-refractivity contribution in [3.63, 3.8) is 0 Å². The molecule has 1 rings (SSSR count). The van der Waals surface area contributed by atoms with Gasteiger partial charge in [-0.1, -0.05) is 0 Å². The molecule has 0 saturated carbocycles.